The number of aromatic carboxylic acids is 1. The van der Waals surface area contributed by atoms with E-state index in [4.69, 9.17) is 5.73 Å². The van der Waals surface area contributed by atoms with Crippen LogP contribution in [0, 0.1) is 17.8 Å². The number of carboxylic acid groups (broad SMARTS) is 1. The lowest BCUT2D eigenvalue weighted by Gasteiger charge is -2.46. The molecule has 0 saturated heterocycles. The Kier molecular flexibility index (Phi) is 5.52. The molecule has 4 rings (SSSR count). The molecule has 0 aromatic heterocycles. The van der Waals surface area contributed by atoms with Crippen LogP contribution in [0.2, 0.25) is 0 Å². The van der Waals surface area contributed by atoms with Crippen LogP contribution in [0.25, 0.3) is 5.76 Å². The number of Topliss-reactive ketones (excluding diaryl/α,β-unsaturated/α-hetero) is 2. The summed E-state index contributed by atoms with van der Waals surface area (Å²) in [6, 6.07) is 2.07. The number of hydrogen-bond donors (Lipinski definition) is 4. The molecule has 0 spiro atoms. The van der Waals surface area contributed by atoms with Crippen molar-refractivity contribution >= 4 is 34.9 Å². The SMILES string of the molecule is CN(C)c1cc(C(=O)O)cc2c1CC1CC3C(C(=O)C(C(N)=O)=C(O)[C@H]3N(C)C)C(=O)C1=C2O. The second kappa shape index (κ2) is 7.98. The van der Waals surface area contributed by atoms with Gasteiger partial charge in [-0.3, -0.25) is 19.3 Å². The monoisotopic (exact) mass is 469 g/mol. The van der Waals surface area contributed by atoms with E-state index >= 15 is 0 Å². The van der Waals surface area contributed by atoms with Gasteiger partial charge in [-0.2, -0.15) is 0 Å². The molecule has 3 aliphatic rings. The fourth-order valence-electron chi connectivity index (χ4n) is 5.77. The minimum Gasteiger partial charge on any atom is -0.510 e. The maximum absolute atomic E-state index is 13.7. The quantitative estimate of drug-likeness (QED) is 0.371. The molecule has 10 heteroatoms. The first kappa shape index (κ1) is 23.5. The van der Waals surface area contributed by atoms with Crippen LogP contribution in [0.4, 0.5) is 5.69 Å². The number of carbonyl (C=O) groups is 4. The number of amides is 1. The highest BCUT2D eigenvalue weighted by atomic mass is 16.4. The molecule has 0 heterocycles. The second-order valence-electron chi connectivity index (χ2n) is 9.52. The van der Waals surface area contributed by atoms with Crippen molar-refractivity contribution in [2.24, 2.45) is 23.5 Å². The van der Waals surface area contributed by atoms with E-state index in [1.807, 2.05) is 0 Å². The average Bonchev–Trinajstić information content (AvgIpc) is 2.72. The molecule has 0 bridgehead atoms. The third-order valence-corrected chi connectivity index (χ3v) is 7.13. The summed E-state index contributed by atoms with van der Waals surface area (Å²) in [6.07, 6.45) is 0.645. The number of ketones is 2. The number of primary amides is 1. The molecule has 1 aromatic rings. The number of nitrogens with two attached hydrogens (primary N) is 1. The maximum Gasteiger partial charge on any atom is 0.335 e. The first-order valence-electron chi connectivity index (χ1n) is 10.9. The van der Waals surface area contributed by atoms with Crippen molar-refractivity contribution in [3.8, 4) is 0 Å². The van der Waals surface area contributed by atoms with E-state index in [0.717, 1.165) is 0 Å². The highest BCUT2D eigenvalue weighted by Crippen LogP contribution is 2.50. The molecule has 0 radical (unpaired) electrons. The van der Waals surface area contributed by atoms with Gasteiger partial charge in [-0.1, -0.05) is 0 Å². The zero-order valence-electron chi connectivity index (χ0n) is 19.3. The van der Waals surface area contributed by atoms with E-state index in [2.05, 4.69) is 0 Å². The topological polar surface area (TPSA) is 161 Å². The predicted octanol–water partition coefficient (Wildman–Crippen LogP) is 0.908. The number of aliphatic hydroxyl groups is 2. The van der Waals surface area contributed by atoms with Crippen molar-refractivity contribution in [2.45, 2.75) is 18.9 Å². The van der Waals surface area contributed by atoms with Crippen LogP contribution < -0.4 is 10.6 Å². The van der Waals surface area contributed by atoms with Gasteiger partial charge in [-0.15, -0.1) is 0 Å². The summed E-state index contributed by atoms with van der Waals surface area (Å²) in [7, 11) is 6.87. The summed E-state index contributed by atoms with van der Waals surface area (Å²) in [6.45, 7) is 0. The van der Waals surface area contributed by atoms with Crippen molar-refractivity contribution < 1.29 is 34.5 Å². The van der Waals surface area contributed by atoms with E-state index < -0.39 is 58.6 Å². The normalized spacial score (nSPS) is 26.3. The van der Waals surface area contributed by atoms with Gasteiger partial charge in [0.25, 0.3) is 5.91 Å². The Hall–Kier alpha value is -3.66. The summed E-state index contributed by atoms with van der Waals surface area (Å²) in [5.41, 5.74) is 6.33. The molecule has 3 unspecified atom stereocenters. The number of fused-ring (bicyclic) bond motifs is 3. The van der Waals surface area contributed by atoms with Gasteiger partial charge in [0.05, 0.1) is 17.5 Å². The molecule has 0 aliphatic heterocycles. The van der Waals surface area contributed by atoms with Crippen LogP contribution >= 0.6 is 0 Å². The summed E-state index contributed by atoms with van der Waals surface area (Å²) in [4.78, 5) is 53.9. The van der Waals surface area contributed by atoms with E-state index in [1.165, 1.54) is 12.1 Å². The number of anilines is 1. The van der Waals surface area contributed by atoms with Crippen LogP contribution in [0.1, 0.15) is 27.9 Å². The van der Waals surface area contributed by atoms with E-state index in [9.17, 15) is 34.5 Å². The number of allylic oxidation sites excluding steroid dienone is 1. The lowest BCUT2D eigenvalue weighted by atomic mass is 9.59. The van der Waals surface area contributed by atoms with Gasteiger partial charge in [0, 0.05) is 30.9 Å². The van der Waals surface area contributed by atoms with Gasteiger partial charge in [-0.25, -0.2) is 4.79 Å². The molecule has 1 aromatic carbocycles. The first-order chi connectivity index (χ1) is 15.9. The highest BCUT2D eigenvalue weighted by molar-refractivity contribution is 6.28. The number of likely N-dealkylation sites (N-methyl/N-ethyl adjacent to an activating group) is 1. The van der Waals surface area contributed by atoms with E-state index in [-0.39, 0.29) is 22.5 Å². The number of rotatable bonds is 4. The van der Waals surface area contributed by atoms with Gasteiger partial charge in [0.15, 0.2) is 11.6 Å². The van der Waals surface area contributed by atoms with Gasteiger partial charge in [-0.05, 0) is 56.5 Å². The number of carboxylic acids is 1. The lowest BCUT2D eigenvalue weighted by Crippen LogP contribution is -2.55. The van der Waals surface area contributed by atoms with Gasteiger partial charge < -0.3 is 26.0 Å². The van der Waals surface area contributed by atoms with Gasteiger partial charge in [0.2, 0.25) is 0 Å². The number of benzene rings is 1. The highest BCUT2D eigenvalue weighted by Gasteiger charge is 2.55. The molecule has 34 heavy (non-hydrogen) atoms. The molecule has 1 saturated carbocycles. The van der Waals surface area contributed by atoms with Crippen LogP contribution in [0.15, 0.2) is 29.0 Å². The molecule has 180 valence electrons. The largest absolute Gasteiger partial charge is 0.510 e. The molecule has 1 amide bonds. The lowest BCUT2D eigenvalue weighted by molar-refractivity contribution is -0.136. The summed E-state index contributed by atoms with van der Waals surface area (Å²) >= 11 is 0. The van der Waals surface area contributed by atoms with Crippen molar-refractivity contribution in [1.82, 2.24) is 4.90 Å². The van der Waals surface area contributed by atoms with Gasteiger partial charge >= 0.3 is 5.97 Å². The average molecular weight is 469 g/mol. The summed E-state index contributed by atoms with van der Waals surface area (Å²) < 4.78 is 0. The Morgan fingerprint density at radius 1 is 1.06 bits per heavy atom. The number of carbonyl (C=O) groups excluding carboxylic acids is 3. The number of hydrogen-bond acceptors (Lipinski definition) is 8. The Morgan fingerprint density at radius 2 is 1.71 bits per heavy atom. The van der Waals surface area contributed by atoms with Crippen molar-refractivity contribution in [3.63, 3.8) is 0 Å². The van der Waals surface area contributed by atoms with E-state index in [1.54, 1.807) is 38.0 Å². The fourth-order valence-corrected chi connectivity index (χ4v) is 5.77. The Bertz CT molecular complexity index is 1210. The van der Waals surface area contributed by atoms with Crippen LogP contribution in [-0.2, 0) is 20.8 Å². The zero-order valence-corrected chi connectivity index (χ0v) is 19.3. The third kappa shape index (κ3) is 3.28. The minimum atomic E-state index is -1.28. The number of aliphatic hydroxyl groups excluding tert-OH is 2. The summed E-state index contributed by atoms with van der Waals surface area (Å²) in [5.74, 6) is -6.91. The molecule has 5 N–H and O–H groups in total. The smallest absolute Gasteiger partial charge is 0.335 e. The molecule has 3 aliphatic carbocycles. The summed E-state index contributed by atoms with van der Waals surface area (Å²) in [5, 5.41) is 31.5. The second-order valence-corrected chi connectivity index (χ2v) is 9.52. The predicted molar refractivity (Wildman–Crippen MR) is 122 cm³/mol. The Morgan fingerprint density at radius 3 is 2.24 bits per heavy atom. The first-order valence-corrected chi connectivity index (χ1v) is 10.9. The van der Waals surface area contributed by atoms with Crippen molar-refractivity contribution in [1.29, 1.82) is 0 Å². The molecule has 10 nitrogen and oxygen atoms in total. The third-order valence-electron chi connectivity index (χ3n) is 7.13. The van der Waals surface area contributed by atoms with Crippen molar-refractivity contribution in [3.05, 3.63) is 45.7 Å². The Labute approximate surface area is 195 Å². The molecular weight excluding hydrogens is 442 g/mol. The van der Waals surface area contributed by atoms with Crippen LogP contribution in [0.3, 0.4) is 0 Å². The molecule has 4 atom stereocenters. The maximum atomic E-state index is 13.7. The molecular formula is C24H27N3O7. The minimum absolute atomic E-state index is 0.0422. The standard InChI is InChI=1S/C24H27N3O7/c1-26(2)14-8-10(24(33)34)7-12-11(14)5-9-6-13-16(20(29)15(9)19(12)28)21(30)17(23(25)32)22(31)18(13)27(3)4/h7-9,13,16,18,28,31H,5-6H2,1-4H3,(H2,25,32)(H,33,34)/t9?,13?,16?,18-/m0/s1. The Balaban J connectivity index is 1.92. The fraction of sp³-hybridized carbons (Fsp3) is 0.417. The van der Waals surface area contributed by atoms with Gasteiger partial charge in [0.1, 0.15) is 17.1 Å². The number of nitrogens with zero attached hydrogens (tertiary/aromatic N) is 2. The zero-order chi connectivity index (χ0) is 25.2. The van der Waals surface area contributed by atoms with E-state index in [0.29, 0.717) is 24.1 Å². The van der Waals surface area contributed by atoms with Crippen LogP contribution in [-0.4, -0.2) is 77.9 Å². The van der Waals surface area contributed by atoms with Crippen molar-refractivity contribution in [2.75, 3.05) is 33.1 Å². The molecule has 1 fully saturated rings. The van der Waals surface area contributed by atoms with Crippen LogP contribution in [0.5, 0.6) is 0 Å².